The first kappa shape index (κ1) is 43.4. The summed E-state index contributed by atoms with van der Waals surface area (Å²) in [7, 11) is 3.82. The largest absolute Gasteiger partial charge is 0.445 e. The number of ether oxygens (including phenoxy) is 2. The predicted molar refractivity (Wildman–Crippen MR) is 207 cm³/mol. The molecule has 294 valence electrons. The maximum absolute atomic E-state index is 14.1. The van der Waals surface area contributed by atoms with E-state index in [1.807, 2.05) is 79.7 Å². The monoisotopic (exact) mass is 737 g/mol. The lowest BCUT2D eigenvalue weighted by Crippen LogP contribution is -2.61. The van der Waals surface area contributed by atoms with E-state index < -0.39 is 36.1 Å². The first-order valence-corrected chi connectivity index (χ1v) is 19.1. The average molecular weight is 738 g/mol. The molecule has 0 aromatic heterocycles. The SMILES string of the molecule is CC(C)CC(C(=O)NC(CNC(CNC(=O)OCc1ccccc1)C(=O)NC(C(=O)NCCN)C(C)OCc1ccccc1)C1CCCCC1)N(C)C. The van der Waals surface area contributed by atoms with Crippen LogP contribution >= 0.6 is 0 Å². The molecule has 4 amide bonds. The molecule has 0 spiro atoms. The number of nitrogens with zero attached hydrogens (tertiary/aromatic N) is 1. The van der Waals surface area contributed by atoms with Crippen LogP contribution in [0, 0.1) is 11.8 Å². The topological polar surface area (TPSA) is 176 Å². The lowest BCUT2D eigenvalue weighted by atomic mass is 9.83. The number of carbonyl (C=O) groups is 4. The molecule has 53 heavy (non-hydrogen) atoms. The fourth-order valence-electron chi connectivity index (χ4n) is 6.49. The molecule has 0 saturated heterocycles. The Morgan fingerprint density at radius 2 is 1.42 bits per heavy atom. The number of rotatable bonds is 22. The molecule has 13 heteroatoms. The molecule has 1 saturated carbocycles. The highest BCUT2D eigenvalue weighted by molar-refractivity contribution is 5.90. The van der Waals surface area contributed by atoms with Crippen LogP contribution in [-0.4, -0.2) is 99.3 Å². The van der Waals surface area contributed by atoms with Crippen LogP contribution in [0.15, 0.2) is 60.7 Å². The molecule has 0 bridgehead atoms. The highest BCUT2D eigenvalue weighted by Crippen LogP contribution is 2.27. The molecule has 5 unspecified atom stereocenters. The highest BCUT2D eigenvalue weighted by atomic mass is 16.5. The normalized spacial score (nSPS) is 16.2. The standard InChI is InChI=1S/C40H63N7O6/c1-28(2)23-35(47(4)5)38(49)45-33(32-19-13-8-14-20-32)24-43-34(25-44-40(51)53-27-31-17-11-7-12-18-31)37(48)46-36(39(50)42-22-21-41)29(3)52-26-30-15-9-6-10-16-30/h6-7,9-12,15-18,28-29,32-36,43H,8,13-14,19-27,41H2,1-5H3,(H,42,50)(H,44,51)(H,45,49)(H,46,48). The van der Waals surface area contributed by atoms with E-state index in [4.69, 9.17) is 15.2 Å². The van der Waals surface area contributed by atoms with Crippen molar-refractivity contribution >= 4 is 23.8 Å². The number of likely N-dealkylation sites (N-methyl/N-ethyl adjacent to an activating group) is 1. The van der Waals surface area contributed by atoms with Gasteiger partial charge >= 0.3 is 6.09 Å². The summed E-state index contributed by atoms with van der Waals surface area (Å²) in [5.74, 6) is -0.461. The fourth-order valence-corrected chi connectivity index (χ4v) is 6.49. The summed E-state index contributed by atoms with van der Waals surface area (Å²) in [5, 5.41) is 15.0. The van der Waals surface area contributed by atoms with Crippen molar-refractivity contribution in [2.45, 2.75) is 103 Å². The number of carbonyl (C=O) groups excluding carboxylic acids is 4. The van der Waals surface area contributed by atoms with Crippen molar-refractivity contribution in [2.75, 3.05) is 40.3 Å². The molecule has 1 fully saturated rings. The predicted octanol–water partition coefficient (Wildman–Crippen LogP) is 3.08. The second kappa shape index (κ2) is 23.6. The van der Waals surface area contributed by atoms with Gasteiger partial charge in [-0.1, -0.05) is 93.8 Å². The molecule has 13 nitrogen and oxygen atoms in total. The van der Waals surface area contributed by atoms with Gasteiger partial charge in [0.05, 0.1) is 18.8 Å². The molecule has 1 aliphatic rings. The van der Waals surface area contributed by atoms with E-state index in [9.17, 15) is 19.2 Å². The van der Waals surface area contributed by atoms with Gasteiger partial charge < -0.3 is 41.8 Å². The van der Waals surface area contributed by atoms with Crippen molar-refractivity contribution in [3.8, 4) is 0 Å². The van der Waals surface area contributed by atoms with Crippen molar-refractivity contribution in [1.82, 2.24) is 31.5 Å². The van der Waals surface area contributed by atoms with Crippen LogP contribution in [-0.2, 0) is 37.1 Å². The van der Waals surface area contributed by atoms with E-state index in [0.29, 0.717) is 12.3 Å². The van der Waals surface area contributed by atoms with Gasteiger partial charge in [0.25, 0.3) is 0 Å². The van der Waals surface area contributed by atoms with Gasteiger partial charge in [0.2, 0.25) is 17.7 Å². The molecule has 7 N–H and O–H groups in total. The lowest BCUT2D eigenvalue weighted by molar-refractivity contribution is -0.134. The number of hydrogen-bond donors (Lipinski definition) is 6. The summed E-state index contributed by atoms with van der Waals surface area (Å²) < 4.78 is 11.5. The molecule has 0 aliphatic heterocycles. The molecular weight excluding hydrogens is 674 g/mol. The molecule has 2 aromatic carbocycles. The Morgan fingerprint density at radius 1 is 0.792 bits per heavy atom. The smallest absolute Gasteiger partial charge is 0.407 e. The molecular formula is C40H63N7O6. The highest BCUT2D eigenvalue weighted by Gasteiger charge is 2.33. The molecule has 5 atom stereocenters. The Bertz CT molecular complexity index is 1370. The second-order valence-electron chi connectivity index (χ2n) is 14.6. The van der Waals surface area contributed by atoms with Crippen molar-refractivity contribution in [2.24, 2.45) is 17.6 Å². The molecule has 2 aromatic rings. The number of alkyl carbamates (subject to hydrolysis) is 1. The Labute approximate surface area is 315 Å². The maximum Gasteiger partial charge on any atom is 0.407 e. The quantitative estimate of drug-likeness (QED) is 0.106. The van der Waals surface area contributed by atoms with Crippen molar-refractivity contribution in [1.29, 1.82) is 0 Å². The third kappa shape index (κ3) is 15.8. The Kier molecular flexibility index (Phi) is 19.3. The summed E-state index contributed by atoms with van der Waals surface area (Å²) in [6, 6.07) is 16.3. The minimum atomic E-state index is -1.06. The summed E-state index contributed by atoms with van der Waals surface area (Å²) in [4.78, 5) is 55.9. The van der Waals surface area contributed by atoms with Crippen molar-refractivity contribution < 1.29 is 28.7 Å². The van der Waals surface area contributed by atoms with Crippen LogP contribution in [0.25, 0.3) is 0 Å². The van der Waals surface area contributed by atoms with Gasteiger partial charge in [-0.3, -0.25) is 19.3 Å². The minimum absolute atomic E-state index is 0.0503. The maximum atomic E-state index is 14.1. The Hall–Kier alpha value is -4.04. The van der Waals surface area contributed by atoms with Crippen LogP contribution < -0.4 is 32.3 Å². The zero-order valence-electron chi connectivity index (χ0n) is 32.3. The lowest BCUT2D eigenvalue weighted by Gasteiger charge is -2.35. The second-order valence-corrected chi connectivity index (χ2v) is 14.6. The molecule has 1 aliphatic carbocycles. The van der Waals surface area contributed by atoms with E-state index in [-0.39, 0.29) is 63.3 Å². The van der Waals surface area contributed by atoms with E-state index in [2.05, 4.69) is 40.4 Å². The zero-order valence-corrected chi connectivity index (χ0v) is 32.3. The first-order chi connectivity index (χ1) is 25.5. The van der Waals surface area contributed by atoms with Gasteiger partial charge in [-0.2, -0.15) is 0 Å². The summed E-state index contributed by atoms with van der Waals surface area (Å²) >= 11 is 0. The summed E-state index contributed by atoms with van der Waals surface area (Å²) in [5.41, 5.74) is 7.41. The van der Waals surface area contributed by atoms with Gasteiger partial charge in [-0.25, -0.2) is 4.79 Å². The van der Waals surface area contributed by atoms with Gasteiger partial charge in [-0.15, -0.1) is 0 Å². The number of amides is 4. The molecule has 3 rings (SSSR count). The van der Waals surface area contributed by atoms with Crippen LogP contribution in [0.4, 0.5) is 4.79 Å². The van der Waals surface area contributed by atoms with Gasteiger partial charge in [0.1, 0.15) is 18.7 Å². The Morgan fingerprint density at radius 3 is 2.00 bits per heavy atom. The third-order valence-electron chi connectivity index (χ3n) is 9.58. The average Bonchev–Trinajstić information content (AvgIpc) is 3.16. The van der Waals surface area contributed by atoms with Gasteiger partial charge in [0.15, 0.2) is 0 Å². The van der Waals surface area contributed by atoms with E-state index in [1.165, 1.54) is 0 Å². The fraction of sp³-hybridized carbons (Fsp3) is 0.600. The van der Waals surface area contributed by atoms with Crippen LogP contribution in [0.2, 0.25) is 0 Å². The summed E-state index contributed by atoms with van der Waals surface area (Å²) in [6.45, 7) is 6.83. The number of benzene rings is 2. The Balaban J connectivity index is 1.80. The van der Waals surface area contributed by atoms with Crippen LogP contribution in [0.3, 0.4) is 0 Å². The van der Waals surface area contributed by atoms with Crippen molar-refractivity contribution in [3.63, 3.8) is 0 Å². The minimum Gasteiger partial charge on any atom is -0.445 e. The van der Waals surface area contributed by atoms with Gasteiger partial charge in [0, 0.05) is 32.2 Å². The molecule has 0 heterocycles. The first-order valence-electron chi connectivity index (χ1n) is 19.1. The van der Waals surface area contributed by atoms with Crippen molar-refractivity contribution in [3.05, 3.63) is 71.8 Å². The summed E-state index contributed by atoms with van der Waals surface area (Å²) in [6.07, 6.45) is 4.52. The van der Waals surface area contributed by atoms with E-state index in [0.717, 1.165) is 43.2 Å². The van der Waals surface area contributed by atoms with Crippen LogP contribution in [0.5, 0.6) is 0 Å². The zero-order chi connectivity index (χ0) is 38.6. The third-order valence-corrected chi connectivity index (χ3v) is 9.58. The number of nitrogens with two attached hydrogens (primary N) is 1. The van der Waals surface area contributed by atoms with Gasteiger partial charge in [-0.05, 0) is 63.2 Å². The van der Waals surface area contributed by atoms with Crippen LogP contribution in [0.1, 0.15) is 70.4 Å². The van der Waals surface area contributed by atoms with E-state index >= 15 is 0 Å². The number of hydrogen-bond acceptors (Lipinski definition) is 9. The van der Waals surface area contributed by atoms with E-state index in [1.54, 1.807) is 6.92 Å². The number of nitrogens with one attached hydrogen (secondary N) is 5. The molecule has 0 radical (unpaired) electrons.